The molecular formula is C30H23FN4O5. The predicted octanol–water partition coefficient (Wildman–Crippen LogP) is 3.20. The Hall–Kier alpha value is -4.70. The Bertz CT molecular complexity index is 1770. The van der Waals surface area contributed by atoms with Crippen LogP contribution >= 0.6 is 0 Å². The number of hydrogen-bond donors (Lipinski definition) is 3. The molecule has 1 spiro atoms. The van der Waals surface area contributed by atoms with Crippen molar-refractivity contribution >= 4 is 34.3 Å². The highest BCUT2D eigenvalue weighted by atomic mass is 19.1. The van der Waals surface area contributed by atoms with Gasteiger partial charge in [-0.2, -0.15) is 0 Å². The van der Waals surface area contributed by atoms with Crippen molar-refractivity contribution in [1.82, 2.24) is 15.2 Å². The Morgan fingerprint density at radius 1 is 0.975 bits per heavy atom. The molecule has 4 aliphatic heterocycles. The fourth-order valence-electron chi connectivity index (χ4n) is 6.92. The molecule has 40 heavy (non-hydrogen) atoms. The van der Waals surface area contributed by atoms with Crippen LogP contribution in [0.3, 0.4) is 0 Å². The number of rotatable bonds is 4. The third-order valence-electron chi connectivity index (χ3n) is 8.66. The summed E-state index contributed by atoms with van der Waals surface area (Å²) in [4.78, 5) is 46.4. The highest BCUT2D eigenvalue weighted by molar-refractivity contribution is 6.15. The SMILES string of the molecule is O=C1[C@@H]2C(Cc3c[nH]c4ccccc34)NC3(C(=O)Nc4ccc(F)cc43)[C@@H]2C(=O)N1Cc1ccc2c(c1)OCO2. The molecular weight excluding hydrogens is 515 g/mol. The number of imide groups is 1. The summed E-state index contributed by atoms with van der Waals surface area (Å²) in [5.74, 6) is -2.52. The Morgan fingerprint density at radius 2 is 1.82 bits per heavy atom. The topological polar surface area (TPSA) is 113 Å². The zero-order chi connectivity index (χ0) is 27.2. The molecule has 0 bridgehead atoms. The van der Waals surface area contributed by atoms with Crippen LogP contribution in [0.1, 0.15) is 16.7 Å². The van der Waals surface area contributed by atoms with Gasteiger partial charge in [0.1, 0.15) is 11.4 Å². The van der Waals surface area contributed by atoms with Crippen LogP contribution in [0.5, 0.6) is 11.5 Å². The van der Waals surface area contributed by atoms with Crippen molar-refractivity contribution in [2.75, 3.05) is 12.1 Å². The van der Waals surface area contributed by atoms with Gasteiger partial charge in [-0.3, -0.25) is 24.6 Å². The lowest BCUT2D eigenvalue weighted by atomic mass is 9.76. The number of halogens is 1. The summed E-state index contributed by atoms with van der Waals surface area (Å²) in [5, 5.41) is 7.21. The summed E-state index contributed by atoms with van der Waals surface area (Å²) >= 11 is 0. The Labute approximate surface area is 227 Å². The molecule has 10 heteroatoms. The molecule has 200 valence electrons. The highest BCUT2D eigenvalue weighted by Crippen LogP contribution is 2.53. The summed E-state index contributed by atoms with van der Waals surface area (Å²) in [6.45, 7) is 0.133. The van der Waals surface area contributed by atoms with E-state index in [1.807, 2.05) is 30.5 Å². The Kier molecular flexibility index (Phi) is 4.73. The van der Waals surface area contributed by atoms with Crippen LogP contribution in [-0.2, 0) is 32.9 Å². The van der Waals surface area contributed by atoms with E-state index < -0.39 is 41.0 Å². The van der Waals surface area contributed by atoms with Crippen molar-refractivity contribution in [2.24, 2.45) is 11.8 Å². The van der Waals surface area contributed by atoms with E-state index in [2.05, 4.69) is 15.6 Å². The van der Waals surface area contributed by atoms with Gasteiger partial charge in [0, 0.05) is 34.4 Å². The van der Waals surface area contributed by atoms with E-state index in [-0.39, 0.29) is 19.2 Å². The van der Waals surface area contributed by atoms with Crippen LogP contribution in [0.15, 0.2) is 66.9 Å². The van der Waals surface area contributed by atoms with Gasteiger partial charge in [-0.1, -0.05) is 24.3 Å². The molecule has 4 aliphatic rings. The molecule has 4 atom stereocenters. The molecule has 0 aliphatic carbocycles. The van der Waals surface area contributed by atoms with Crippen molar-refractivity contribution in [3.8, 4) is 11.5 Å². The van der Waals surface area contributed by atoms with E-state index in [1.54, 1.807) is 18.2 Å². The molecule has 9 nitrogen and oxygen atoms in total. The molecule has 3 amide bonds. The van der Waals surface area contributed by atoms with Gasteiger partial charge in [-0.15, -0.1) is 0 Å². The van der Waals surface area contributed by atoms with Crippen LogP contribution in [0.4, 0.5) is 10.1 Å². The molecule has 4 aromatic rings. The largest absolute Gasteiger partial charge is 0.454 e. The number of likely N-dealkylation sites (tertiary alicyclic amines) is 1. The fourth-order valence-corrected chi connectivity index (χ4v) is 6.92. The van der Waals surface area contributed by atoms with Crippen LogP contribution < -0.4 is 20.1 Å². The molecule has 8 rings (SSSR count). The summed E-state index contributed by atoms with van der Waals surface area (Å²) in [6.07, 6.45) is 2.28. The number of benzene rings is 3. The zero-order valence-corrected chi connectivity index (χ0v) is 21.1. The van der Waals surface area contributed by atoms with E-state index >= 15 is 0 Å². The minimum Gasteiger partial charge on any atom is -0.454 e. The first kappa shape index (κ1) is 23.2. The maximum atomic E-state index is 14.5. The summed E-state index contributed by atoms with van der Waals surface area (Å²) < 4.78 is 25.4. The number of fused-ring (bicyclic) bond motifs is 6. The Morgan fingerprint density at radius 3 is 2.73 bits per heavy atom. The van der Waals surface area contributed by atoms with Gasteiger partial charge >= 0.3 is 0 Å². The summed E-state index contributed by atoms with van der Waals surface area (Å²) in [6, 6.07) is 16.6. The van der Waals surface area contributed by atoms with Gasteiger partial charge in [0.15, 0.2) is 11.5 Å². The van der Waals surface area contributed by atoms with Crippen molar-refractivity contribution in [2.45, 2.75) is 24.5 Å². The molecule has 1 aromatic heterocycles. The monoisotopic (exact) mass is 538 g/mol. The number of nitrogens with one attached hydrogen (secondary N) is 3. The first-order chi connectivity index (χ1) is 19.4. The van der Waals surface area contributed by atoms with E-state index in [0.29, 0.717) is 34.7 Å². The van der Waals surface area contributed by atoms with Gasteiger partial charge < -0.3 is 19.8 Å². The lowest BCUT2D eigenvalue weighted by Gasteiger charge is -2.29. The number of amides is 3. The quantitative estimate of drug-likeness (QED) is 0.344. The smallest absolute Gasteiger partial charge is 0.250 e. The lowest BCUT2D eigenvalue weighted by Crippen LogP contribution is -2.53. The number of ether oxygens (including phenoxy) is 2. The molecule has 5 heterocycles. The number of carbonyl (C=O) groups excluding carboxylic acids is 3. The lowest BCUT2D eigenvalue weighted by molar-refractivity contribution is -0.143. The third-order valence-corrected chi connectivity index (χ3v) is 8.66. The molecule has 0 saturated carbocycles. The van der Waals surface area contributed by atoms with Gasteiger partial charge in [0.2, 0.25) is 24.5 Å². The average Bonchev–Trinajstić information content (AvgIpc) is 3.75. The van der Waals surface area contributed by atoms with E-state index in [0.717, 1.165) is 16.5 Å². The predicted molar refractivity (Wildman–Crippen MR) is 141 cm³/mol. The number of H-pyrrole nitrogens is 1. The number of anilines is 1. The van der Waals surface area contributed by atoms with E-state index in [9.17, 15) is 18.8 Å². The maximum absolute atomic E-state index is 14.5. The van der Waals surface area contributed by atoms with Crippen molar-refractivity contribution in [3.05, 3.63) is 89.4 Å². The number of para-hydroxylation sites is 1. The number of nitrogens with zero attached hydrogens (tertiary/aromatic N) is 1. The highest BCUT2D eigenvalue weighted by Gasteiger charge is 2.70. The molecule has 3 N–H and O–H groups in total. The Balaban J connectivity index is 1.22. The zero-order valence-electron chi connectivity index (χ0n) is 21.1. The molecule has 0 radical (unpaired) electrons. The first-order valence-corrected chi connectivity index (χ1v) is 13.1. The standard InChI is InChI=1S/C30H23FN4O5/c31-17-6-7-21-19(11-17)30(29(38)33-21)26-25(22(34-30)10-16-12-32-20-4-2-1-3-18(16)20)27(36)35(28(26)37)13-15-5-8-23-24(9-15)40-14-39-23/h1-9,11-12,22,25-26,32,34H,10,13-14H2,(H,33,38)/t22?,25-,26+,30?/m1/s1. The number of aromatic amines is 1. The molecule has 3 aromatic carbocycles. The molecule has 2 fully saturated rings. The molecule has 2 saturated heterocycles. The van der Waals surface area contributed by atoms with Crippen LogP contribution in [-0.4, -0.2) is 40.4 Å². The number of carbonyl (C=O) groups is 3. The number of aromatic nitrogens is 1. The van der Waals surface area contributed by atoms with Crippen LogP contribution in [0.2, 0.25) is 0 Å². The van der Waals surface area contributed by atoms with E-state index in [4.69, 9.17) is 9.47 Å². The normalized spacial score (nSPS) is 26.2. The second kappa shape index (κ2) is 8.15. The second-order valence-electron chi connectivity index (χ2n) is 10.7. The van der Waals surface area contributed by atoms with Gasteiger partial charge in [-0.05, 0) is 53.9 Å². The summed E-state index contributed by atoms with van der Waals surface area (Å²) in [7, 11) is 0. The number of hydrogen-bond acceptors (Lipinski definition) is 6. The van der Waals surface area contributed by atoms with Gasteiger partial charge in [-0.25, -0.2) is 4.39 Å². The second-order valence-corrected chi connectivity index (χ2v) is 10.7. The average molecular weight is 539 g/mol. The van der Waals surface area contributed by atoms with Crippen molar-refractivity contribution in [3.63, 3.8) is 0 Å². The summed E-state index contributed by atoms with van der Waals surface area (Å²) in [5.41, 5.74) is 1.81. The van der Waals surface area contributed by atoms with Gasteiger partial charge in [0.05, 0.1) is 18.4 Å². The maximum Gasteiger partial charge on any atom is 0.250 e. The van der Waals surface area contributed by atoms with Crippen LogP contribution in [0, 0.1) is 17.7 Å². The van der Waals surface area contributed by atoms with Gasteiger partial charge in [0.25, 0.3) is 0 Å². The third kappa shape index (κ3) is 3.07. The fraction of sp³-hybridized carbons (Fsp3) is 0.233. The van der Waals surface area contributed by atoms with E-state index in [1.165, 1.54) is 23.1 Å². The van der Waals surface area contributed by atoms with Crippen molar-refractivity contribution < 1.29 is 28.2 Å². The minimum atomic E-state index is -1.57. The van der Waals surface area contributed by atoms with Crippen molar-refractivity contribution in [1.29, 1.82) is 0 Å². The molecule has 2 unspecified atom stereocenters. The van der Waals surface area contributed by atoms with Crippen LogP contribution in [0.25, 0.3) is 10.9 Å². The minimum absolute atomic E-state index is 0.0226. The first-order valence-electron chi connectivity index (χ1n) is 13.1.